The van der Waals surface area contributed by atoms with E-state index < -0.39 is 0 Å². The summed E-state index contributed by atoms with van der Waals surface area (Å²) in [5.74, 6) is 3.94. The molecule has 2 aromatic rings. The number of hydrogen-bond donors (Lipinski definition) is 1. The molecule has 3 heteroatoms. The highest BCUT2D eigenvalue weighted by atomic mass is 16.3. The van der Waals surface area contributed by atoms with Crippen LogP contribution in [0.1, 0.15) is 89.7 Å². The summed E-state index contributed by atoms with van der Waals surface area (Å²) in [6.45, 7) is 7.78. The highest BCUT2D eigenvalue weighted by molar-refractivity contribution is 5.81. The lowest BCUT2D eigenvalue weighted by Crippen LogP contribution is -2.50. The van der Waals surface area contributed by atoms with Crippen molar-refractivity contribution in [2.45, 2.75) is 84.7 Å². The van der Waals surface area contributed by atoms with E-state index in [4.69, 9.17) is 0 Å². The van der Waals surface area contributed by atoms with E-state index in [1.54, 1.807) is 5.57 Å². The Hall–Kier alpha value is -2.52. The number of allylic oxidation sites excluding steroid dienone is 2. The van der Waals surface area contributed by atoms with E-state index in [1.165, 1.54) is 66.6 Å². The van der Waals surface area contributed by atoms with E-state index in [0.29, 0.717) is 16.7 Å². The van der Waals surface area contributed by atoms with Gasteiger partial charge < -0.3 is 14.9 Å². The summed E-state index contributed by atoms with van der Waals surface area (Å²) in [5.41, 5.74) is 8.83. The van der Waals surface area contributed by atoms with Crippen LogP contribution in [0.15, 0.2) is 66.3 Å². The third-order valence-corrected chi connectivity index (χ3v) is 12.9. The molecule has 3 nitrogen and oxygen atoms in total. The van der Waals surface area contributed by atoms with Crippen LogP contribution in [-0.2, 0) is 0 Å². The second-order valence-corrected chi connectivity index (χ2v) is 15.6. The van der Waals surface area contributed by atoms with Crippen molar-refractivity contribution in [3.8, 4) is 0 Å². The molecule has 0 unspecified atom stereocenters. The number of benzene rings is 2. The van der Waals surface area contributed by atoms with Crippen molar-refractivity contribution in [1.29, 1.82) is 0 Å². The quantitative estimate of drug-likeness (QED) is 0.331. The van der Waals surface area contributed by atoms with Gasteiger partial charge in [0.05, 0.1) is 6.10 Å². The normalized spacial score (nSPS) is 33.9. The Morgan fingerprint density at radius 3 is 2.02 bits per heavy atom. The van der Waals surface area contributed by atoms with Crippen molar-refractivity contribution in [1.82, 2.24) is 0 Å². The Kier molecular flexibility index (Phi) is 8.35. The summed E-state index contributed by atoms with van der Waals surface area (Å²) in [4.78, 5) is 4.35. The molecule has 43 heavy (non-hydrogen) atoms. The first-order valence-electron chi connectivity index (χ1n) is 17.1. The summed E-state index contributed by atoms with van der Waals surface area (Å²) in [7, 11) is 8.44. The fourth-order valence-electron chi connectivity index (χ4n) is 10.4. The summed E-state index contributed by atoms with van der Waals surface area (Å²) >= 11 is 0. The minimum Gasteiger partial charge on any atom is -0.393 e. The number of hydrogen-bond acceptors (Lipinski definition) is 3. The Labute approximate surface area is 262 Å². The van der Waals surface area contributed by atoms with Gasteiger partial charge in [-0.3, -0.25) is 0 Å². The molecule has 0 saturated heterocycles. The van der Waals surface area contributed by atoms with Crippen LogP contribution < -0.4 is 9.80 Å². The van der Waals surface area contributed by atoms with Gasteiger partial charge in [0.15, 0.2) is 0 Å². The van der Waals surface area contributed by atoms with E-state index in [-0.39, 0.29) is 6.10 Å². The van der Waals surface area contributed by atoms with Gasteiger partial charge in [-0.25, -0.2) is 0 Å². The molecule has 8 atom stereocenters. The summed E-state index contributed by atoms with van der Waals surface area (Å²) < 4.78 is 0. The first kappa shape index (κ1) is 30.5. The average molecular weight is 581 g/mol. The third-order valence-electron chi connectivity index (χ3n) is 12.9. The second-order valence-electron chi connectivity index (χ2n) is 15.6. The monoisotopic (exact) mass is 580 g/mol. The lowest BCUT2D eigenvalue weighted by molar-refractivity contribution is -0.0565. The summed E-state index contributed by atoms with van der Waals surface area (Å²) in [6, 6.07) is 18.2. The van der Waals surface area contributed by atoms with Crippen LogP contribution in [0.25, 0.3) is 5.57 Å². The zero-order chi connectivity index (χ0) is 30.5. The smallest absolute Gasteiger partial charge is 0.0577 e. The highest BCUT2D eigenvalue weighted by Gasteiger charge is 2.59. The number of nitrogens with zero attached hydrogens (tertiary/aromatic N) is 2. The molecule has 4 aliphatic rings. The molecule has 3 fully saturated rings. The number of anilines is 2. The van der Waals surface area contributed by atoms with Crippen molar-refractivity contribution in [3.63, 3.8) is 0 Å². The Morgan fingerprint density at radius 2 is 1.44 bits per heavy atom. The van der Waals surface area contributed by atoms with Crippen LogP contribution in [0.3, 0.4) is 0 Å². The van der Waals surface area contributed by atoms with Crippen LogP contribution in [0.2, 0.25) is 0 Å². The van der Waals surface area contributed by atoms with Gasteiger partial charge in [-0.1, -0.05) is 62.8 Å². The predicted molar refractivity (Wildman–Crippen MR) is 184 cm³/mol. The number of fused-ring (bicyclic) bond motifs is 5. The lowest BCUT2D eigenvalue weighted by atomic mass is 9.47. The van der Waals surface area contributed by atoms with Crippen molar-refractivity contribution in [2.75, 3.05) is 38.0 Å². The Bertz CT molecular complexity index is 1280. The summed E-state index contributed by atoms with van der Waals surface area (Å²) in [5, 5.41) is 10.4. The molecule has 6 rings (SSSR count). The molecule has 2 aromatic carbocycles. The zero-order valence-electron chi connectivity index (χ0n) is 27.9. The van der Waals surface area contributed by atoms with Gasteiger partial charge in [0, 0.05) is 39.6 Å². The molecule has 0 bridgehead atoms. The molecular weight excluding hydrogens is 524 g/mol. The van der Waals surface area contributed by atoms with E-state index >= 15 is 0 Å². The molecule has 1 N–H and O–H groups in total. The van der Waals surface area contributed by atoms with E-state index in [1.807, 2.05) is 0 Å². The van der Waals surface area contributed by atoms with E-state index in [9.17, 15) is 5.11 Å². The highest BCUT2D eigenvalue weighted by Crippen LogP contribution is 2.67. The maximum Gasteiger partial charge on any atom is 0.0577 e. The minimum absolute atomic E-state index is 0.115. The van der Waals surface area contributed by atoms with Crippen molar-refractivity contribution in [3.05, 3.63) is 77.4 Å². The average Bonchev–Trinajstić information content (AvgIpc) is 3.35. The molecule has 3 saturated carbocycles. The number of aliphatic hydroxyl groups excluding tert-OH is 1. The van der Waals surface area contributed by atoms with Crippen LogP contribution >= 0.6 is 0 Å². The fourth-order valence-corrected chi connectivity index (χ4v) is 10.4. The van der Waals surface area contributed by atoms with E-state index in [0.717, 1.165) is 42.9 Å². The zero-order valence-corrected chi connectivity index (χ0v) is 27.9. The van der Waals surface area contributed by atoms with Crippen molar-refractivity contribution < 1.29 is 5.11 Å². The van der Waals surface area contributed by atoms with E-state index in [2.05, 4.69) is 119 Å². The maximum absolute atomic E-state index is 10.4. The first-order valence-corrected chi connectivity index (χ1v) is 17.1. The number of aliphatic hydroxyl groups is 1. The molecule has 0 aliphatic heterocycles. The molecular formula is C40H56N2O. The maximum atomic E-state index is 10.4. The van der Waals surface area contributed by atoms with Gasteiger partial charge >= 0.3 is 0 Å². The van der Waals surface area contributed by atoms with Gasteiger partial charge in [-0.2, -0.15) is 0 Å². The fraction of sp³-hybridized carbons (Fsp3) is 0.600. The van der Waals surface area contributed by atoms with Gasteiger partial charge in [-0.05, 0) is 139 Å². The standard InChI is InChI=1S/C40H56N2O/c1-27(8-18-34(28-9-14-31(15-10-28)41(4)5)29-11-16-32(17-12-29)42(6)7)36-20-21-37-35-19-13-30-26-33(43)22-24-39(30,2)38(35)23-25-40(36,37)3/h9-18,27,33,35-38,43H,8,19-26H2,1-7H3/t27-,33-,35+,36-,37+,38+,39-,40+/m0/s1. The third kappa shape index (κ3) is 5.49. The largest absolute Gasteiger partial charge is 0.393 e. The van der Waals surface area contributed by atoms with Crippen LogP contribution in [0.4, 0.5) is 11.4 Å². The van der Waals surface area contributed by atoms with Crippen LogP contribution in [0, 0.1) is 40.4 Å². The van der Waals surface area contributed by atoms with Gasteiger partial charge in [0.2, 0.25) is 0 Å². The Balaban J connectivity index is 1.24. The summed E-state index contributed by atoms with van der Waals surface area (Å²) in [6.07, 6.45) is 16.1. The molecule has 232 valence electrons. The lowest BCUT2D eigenvalue weighted by Gasteiger charge is -2.58. The molecule has 0 spiro atoms. The molecule has 0 amide bonds. The predicted octanol–water partition coefficient (Wildman–Crippen LogP) is 9.22. The van der Waals surface area contributed by atoms with Crippen LogP contribution in [-0.4, -0.2) is 39.4 Å². The Morgan fingerprint density at radius 1 is 0.837 bits per heavy atom. The minimum atomic E-state index is -0.115. The molecule has 0 heterocycles. The van der Waals surface area contributed by atoms with Gasteiger partial charge in [-0.15, -0.1) is 0 Å². The van der Waals surface area contributed by atoms with Gasteiger partial charge in [0.25, 0.3) is 0 Å². The molecule has 4 aliphatic carbocycles. The second kappa shape index (κ2) is 11.8. The van der Waals surface area contributed by atoms with Crippen LogP contribution in [0.5, 0.6) is 0 Å². The number of rotatable bonds is 7. The first-order chi connectivity index (χ1) is 20.5. The molecule has 0 aromatic heterocycles. The molecule has 0 radical (unpaired) electrons. The van der Waals surface area contributed by atoms with Crippen molar-refractivity contribution >= 4 is 16.9 Å². The van der Waals surface area contributed by atoms with Crippen molar-refractivity contribution in [2.24, 2.45) is 40.4 Å². The van der Waals surface area contributed by atoms with Gasteiger partial charge in [0.1, 0.15) is 0 Å². The topological polar surface area (TPSA) is 26.7 Å². The SMILES string of the molecule is C[C@@H](CC=C(c1ccc(N(C)C)cc1)c1ccc(N(C)C)cc1)[C@@H]1CC[C@@H]2[C@H]3CC=C4C[C@@H](O)CC[C@]4(C)[C@@H]3CC[C@@]21C.